The van der Waals surface area contributed by atoms with Crippen LogP contribution in [0.4, 0.5) is 11.4 Å². The lowest BCUT2D eigenvalue weighted by Crippen LogP contribution is -2.50. The summed E-state index contributed by atoms with van der Waals surface area (Å²) in [6.07, 6.45) is 6.16. The van der Waals surface area contributed by atoms with E-state index in [9.17, 15) is 14.7 Å². The van der Waals surface area contributed by atoms with Gasteiger partial charge in [-0.15, -0.1) is 11.3 Å². The second-order valence-corrected chi connectivity index (χ2v) is 10.3. The maximum absolute atomic E-state index is 13.2. The summed E-state index contributed by atoms with van der Waals surface area (Å²) in [7, 11) is 1.56. The summed E-state index contributed by atoms with van der Waals surface area (Å²) in [6.45, 7) is 4.80. The molecule has 12 nitrogen and oxygen atoms in total. The first-order valence-electron chi connectivity index (χ1n) is 12.4. The van der Waals surface area contributed by atoms with Gasteiger partial charge in [0.15, 0.2) is 0 Å². The zero-order valence-electron chi connectivity index (χ0n) is 21.7. The Morgan fingerprint density at radius 3 is 2.90 bits per heavy atom. The standard InChI is InChI=1S/C26H29N7O5S/c1-15-10-32(11-18(14-34)38-15)13-23(35)30-17-7-21(16(2)28-8-17)31-24(36)20-9-29-33-12-22(39-26(20)33)19-5-4-6-27-25(19)37-3/h4-9,12,15,18,34H,10-11,13-14H2,1-3H3,(H,30,35)(H,31,36)/t15-,18-/m0/s1. The molecular weight excluding hydrogens is 522 g/mol. The lowest BCUT2D eigenvalue weighted by molar-refractivity contribution is -0.124. The van der Waals surface area contributed by atoms with Gasteiger partial charge in [-0.3, -0.25) is 19.5 Å². The third-order valence-corrected chi connectivity index (χ3v) is 7.41. The number of anilines is 2. The number of aliphatic hydroxyl groups excluding tert-OH is 1. The number of nitrogens with one attached hydrogen (secondary N) is 2. The van der Waals surface area contributed by atoms with Crippen LogP contribution in [0.2, 0.25) is 0 Å². The smallest absolute Gasteiger partial charge is 0.260 e. The molecule has 13 heteroatoms. The van der Waals surface area contributed by atoms with Crippen molar-refractivity contribution >= 4 is 39.4 Å². The summed E-state index contributed by atoms with van der Waals surface area (Å²) in [4.78, 5) is 38.0. The van der Waals surface area contributed by atoms with Crippen LogP contribution in [0.5, 0.6) is 5.88 Å². The molecule has 4 aromatic rings. The summed E-state index contributed by atoms with van der Waals surface area (Å²) in [5.74, 6) is -0.0776. The van der Waals surface area contributed by atoms with Crippen molar-refractivity contribution in [1.82, 2.24) is 24.5 Å². The third kappa shape index (κ3) is 5.91. The average molecular weight is 552 g/mol. The van der Waals surface area contributed by atoms with Gasteiger partial charge in [-0.2, -0.15) is 5.10 Å². The number of carbonyl (C=O) groups is 2. The number of thiazole rings is 1. The van der Waals surface area contributed by atoms with Crippen LogP contribution >= 0.6 is 11.3 Å². The number of hydrogen-bond acceptors (Lipinski definition) is 10. The number of rotatable bonds is 8. The number of methoxy groups -OCH3 is 1. The predicted octanol–water partition coefficient (Wildman–Crippen LogP) is 2.44. The van der Waals surface area contributed by atoms with E-state index in [4.69, 9.17) is 9.47 Å². The fourth-order valence-electron chi connectivity index (χ4n) is 4.50. The molecule has 2 amide bonds. The monoisotopic (exact) mass is 551 g/mol. The number of ether oxygens (including phenoxy) is 2. The van der Waals surface area contributed by atoms with E-state index in [-0.39, 0.29) is 37.2 Å². The Balaban J connectivity index is 1.29. The second-order valence-electron chi connectivity index (χ2n) is 9.27. The van der Waals surface area contributed by atoms with Crippen molar-refractivity contribution in [2.24, 2.45) is 0 Å². The molecule has 1 saturated heterocycles. The quantitative estimate of drug-likeness (QED) is 0.301. The van der Waals surface area contributed by atoms with Gasteiger partial charge in [0.05, 0.1) is 77.9 Å². The van der Waals surface area contributed by atoms with E-state index >= 15 is 0 Å². The van der Waals surface area contributed by atoms with Crippen molar-refractivity contribution in [3.8, 4) is 16.3 Å². The minimum absolute atomic E-state index is 0.0762. The van der Waals surface area contributed by atoms with E-state index in [1.807, 2.05) is 30.2 Å². The van der Waals surface area contributed by atoms with Gasteiger partial charge in [0.25, 0.3) is 5.91 Å². The summed E-state index contributed by atoms with van der Waals surface area (Å²) in [5, 5.41) is 19.5. The molecule has 3 N–H and O–H groups in total. The minimum Gasteiger partial charge on any atom is -0.481 e. The van der Waals surface area contributed by atoms with E-state index in [2.05, 4.69) is 25.7 Å². The Bertz CT molecular complexity index is 1500. The van der Waals surface area contributed by atoms with Gasteiger partial charge >= 0.3 is 0 Å². The maximum Gasteiger partial charge on any atom is 0.260 e. The number of amides is 2. The molecule has 0 radical (unpaired) electrons. The number of carbonyl (C=O) groups excluding carboxylic acids is 2. The molecule has 0 aromatic carbocycles. The number of hydrogen-bond donors (Lipinski definition) is 3. The third-order valence-electron chi connectivity index (χ3n) is 6.26. The van der Waals surface area contributed by atoms with Gasteiger partial charge in [-0.05, 0) is 32.0 Å². The number of aromatic nitrogens is 4. The molecule has 1 fully saturated rings. The molecule has 0 unspecified atom stereocenters. The molecule has 5 heterocycles. The van der Waals surface area contributed by atoms with E-state index in [0.717, 1.165) is 10.4 Å². The summed E-state index contributed by atoms with van der Waals surface area (Å²) in [6, 6.07) is 5.40. The Hall–Kier alpha value is -3.91. The van der Waals surface area contributed by atoms with Crippen LogP contribution in [-0.2, 0) is 9.53 Å². The van der Waals surface area contributed by atoms with Crippen LogP contribution in [0.1, 0.15) is 23.0 Å². The Labute approximate surface area is 228 Å². The van der Waals surface area contributed by atoms with Crippen LogP contribution in [0.3, 0.4) is 0 Å². The normalized spacial score (nSPS) is 17.7. The first-order valence-corrected chi connectivity index (χ1v) is 13.2. The molecule has 0 aliphatic carbocycles. The first kappa shape index (κ1) is 26.7. The highest BCUT2D eigenvalue weighted by Crippen LogP contribution is 2.35. The number of aryl methyl sites for hydroxylation is 1. The van der Waals surface area contributed by atoms with E-state index in [1.54, 1.807) is 37.0 Å². The molecule has 204 valence electrons. The lowest BCUT2D eigenvalue weighted by Gasteiger charge is -2.35. The Kier molecular flexibility index (Phi) is 7.84. The van der Waals surface area contributed by atoms with Gasteiger partial charge in [-0.25, -0.2) is 9.50 Å². The van der Waals surface area contributed by atoms with Gasteiger partial charge in [0.1, 0.15) is 4.83 Å². The summed E-state index contributed by atoms with van der Waals surface area (Å²) in [5.41, 5.74) is 2.75. The van der Waals surface area contributed by atoms with Crippen LogP contribution < -0.4 is 15.4 Å². The minimum atomic E-state index is -0.345. The zero-order chi connectivity index (χ0) is 27.5. The molecule has 0 saturated carbocycles. The highest BCUT2D eigenvalue weighted by Gasteiger charge is 2.26. The van der Waals surface area contributed by atoms with Crippen LogP contribution in [0.25, 0.3) is 15.3 Å². The van der Waals surface area contributed by atoms with E-state index in [1.165, 1.54) is 17.5 Å². The molecule has 0 bridgehead atoms. The SMILES string of the molecule is COc1ncccc1-c1cn2ncc(C(=O)Nc3cc(NC(=O)CN4C[C@@H](CO)O[C@@H](C)C4)cnc3C)c2s1. The fourth-order valence-corrected chi connectivity index (χ4v) is 5.57. The molecule has 39 heavy (non-hydrogen) atoms. The topological polar surface area (TPSA) is 143 Å². The number of aliphatic hydroxyl groups is 1. The van der Waals surface area contributed by atoms with E-state index < -0.39 is 0 Å². The van der Waals surface area contributed by atoms with Crippen molar-refractivity contribution in [2.75, 3.05) is 44.0 Å². The highest BCUT2D eigenvalue weighted by molar-refractivity contribution is 7.21. The number of pyridine rings is 2. The summed E-state index contributed by atoms with van der Waals surface area (Å²) < 4.78 is 12.7. The largest absolute Gasteiger partial charge is 0.481 e. The summed E-state index contributed by atoms with van der Waals surface area (Å²) >= 11 is 1.40. The lowest BCUT2D eigenvalue weighted by atomic mass is 10.2. The van der Waals surface area contributed by atoms with Gasteiger partial charge in [-0.1, -0.05) is 0 Å². The van der Waals surface area contributed by atoms with Gasteiger partial charge in [0, 0.05) is 25.5 Å². The predicted molar refractivity (Wildman–Crippen MR) is 146 cm³/mol. The molecule has 5 rings (SSSR count). The van der Waals surface area contributed by atoms with Crippen molar-refractivity contribution in [3.63, 3.8) is 0 Å². The number of fused-ring (bicyclic) bond motifs is 1. The fraction of sp³-hybridized carbons (Fsp3) is 0.346. The molecule has 1 aliphatic heterocycles. The van der Waals surface area contributed by atoms with E-state index in [0.29, 0.717) is 46.4 Å². The van der Waals surface area contributed by atoms with Gasteiger partial charge in [0.2, 0.25) is 11.8 Å². The number of nitrogens with zero attached hydrogens (tertiary/aromatic N) is 5. The molecular formula is C26H29N7O5S. The van der Waals surface area contributed by atoms with Gasteiger partial charge < -0.3 is 25.2 Å². The molecule has 2 atom stereocenters. The van der Waals surface area contributed by atoms with Crippen molar-refractivity contribution in [2.45, 2.75) is 26.1 Å². The molecule has 4 aromatic heterocycles. The Morgan fingerprint density at radius 1 is 1.26 bits per heavy atom. The average Bonchev–Trinajstić information content (AvgIpc) is 3.51. The number of morpholine rings is 1. The van der Waals surface area contributed by atoms with Crippen LogP contribution in [0.15, 0.2) is 43.0 Å². The highest BCUT2D eigenvalue weighted by atomic mass is 32.1. The van der Waals surface area contributed by atoms with Crippen LogP contribution in [-0.4, -0.2) is 87.0 Å². The molecule has 1 aliphatic rings. The first-order chi connectivity index (χ1) is 18.8. The molecule has 0 spiro atoms. The van der Waals surface area contributed by atoms with Crippen molar-refractivity contribution < 1.29 is 24.2 Å². The zero-order valence-corrected chi connectivity index (χ0v) is 22.6. The van der Waals surface area contributed by atoms with Crippen LogP contribution in [0, 0.1) is 6.92 Å². The van der Waals surface area contributed by atoms with Crippen molar-refractivity contribution in [1.29, 1.82) is 0 Å². The van der Waals surface area contributed by atoms with Crippen molar-refractivity contribution in [3.05, 3.63) is 54.2 Å². The second kappa shape index (κ2) is 11.5. The Morgan fingerprint density at radius 2 is 2.10 bits per heavy atom. The maximum atomic E-state index is 13.2.